The highest BCUT2D eigenvalue weighted by Crippen LogP contribution is 2.26. The molecule has 7 heteroatoms. The SMILES string of the molecule is O=C(NCc1ccccc1OC(F)(F)F)c1cc2ccccc2o1. The molecule has 1 amide bonds. The van der Waals surface area contributed by atoms with Crippen LogP contribution in [0.3, 0.4) is 0 Å². The number of furan rings is 1. The van der Waals surface area contributed by atoms with Crippen LogP contribution in [0.4, 0.5) is 13.2 Å². The van der Waals surface area contributed by atoms with Gasteiger partial charge >= 0.3 is 6.36 Å². The molecule has 0 bridgehead atoms. The molecule has 3 aromatic rings. The van der Waals surface area contributed by atoms with Gasteiger partial charge in [-0.1, -0.05) is 36.4 Å². The predicted molar refractivity (Wildman–Crippen MR) is 80.5 cm³/mol. The van der Waals surface area contributed by atoms with Crippen molar-refractivity contribution in [1.82, 2.24) is 5.32 Å². The third-order valence-corrected chi connectivity index (χ3v) is 3.29. The van der Waals surface area contributed by atoms with Gasteiger partial charge in [-0.3, -0.25) is 4.79 Å². The summed E-state index contributed by atoms with van der Waals surface area (Å²) in [6.45, 7) is -0.123. The van der Waals surface area contributed by atoms with Gasteiger partial charge < -0.3 is 14.5 Å². The Morgan fingerprint density at radius 2 is 1.79 bits per heavy atom. The number of alkyl halides is 3. The van der Waals surface area contributed by atoms with Crippen molar-refractivity contribution >= 4 is 16.9 Å². The minimum Gasteiger partial charge on any atom is -0.451 e. The monoisotopic (exact) mass is 335 g/mol. The summed E-state index contributed by atoms with van der Waals surface area (Å²) in [5.74, 6) is -0.784. The zero-order valence-corrected chi connectivity index (χ0v) is 12.3. The summed E-state index contributed by atoms with van der Waals surface area (Å²) in [6, 6.07) is 14.3. The zero-order chi connectivity index (χ0) is 17.2. The second-order valence-electron chi connectivity index (χ2n) is 4.99. The molecular formula is C17H12F3NO3. The standard InChI is InChI=1S/C17H12F3NO3/c18-17(19,20)24-14-8-4-2-6-12(14)10-21-16(22)15-9-11-5-1-3-7-13(11)23-15/h1-9H,10H2,(H,21,22). The predicted octanol–water partition coefficient (Wildman–Crippen LogP) is 4.26. The highest BCUT2D eigenvalue weighted by atomic mass is 19.4. The number of ether oxygens (including phenoxy) is 1. The Balaban J connectivity index is 1.72. The first-order chi connectivity index (χ1) is 11.4. The van der Waals surface area contributed by atoms with E-state index in [0.29, 0.717) is 5.58 Å². The number of rotatable bonds is 4. The minimum atomic E-state index is -4.79. The zero-order valence-electron chi connectivity index (χ0n) is 12.3. The fourth-order valence-corrected chi connectivity index (χ4v) is 2.23. The number of halogens is 3. The Hall–Kier alpha value is -2.96. The maximum Gasteiger partial charge on any atom is 0.573 e. The molecule has 2 aromatic carbocycles. The van der Waals surface area contributed by atoms with E-state index in [9.17, 15) is 18.0 Å². The van der Waals surface area contributed by atoms with Crippen LogP contribution in [0.25, 0.3) is 11.0 Å². The number of carbonyl (C=O) groups is 1. The normalized spacial score (nSPS) is 11.5. The summed E-state index contributed by atoms with van der Waals surface area (Å²) in [5, 5.41) is 3.29. The fraction of sp³-hybridized carbons (Fsp3) is 0.118. The number of hydrogen-bond acceptors (Lipinski definition) is 3. The van der Waals surface area contributed by atoms with Crippen molar-refractivity contribution in [2.75, 3.05) is 0 Å². The summed E-state index contributed by atoms with van der Waals surface area (Å²) >= 11 is 0. The Morgan fingerprint density at radius 1 is 1.08 bits per heavy atom. The summed E-state index contributed by atoms with van der Waals surface area (Å²) in [4.78, 5) is 12.1. The Bertz CT molecular complexity index is 838. The molecule has 0 saturated heterocycles. The van der Waals surface area contributed by atoms with E-state index in [1.165, 1.54) is 18.2 Å². The second kappa shape index (κ2) is 6.27. The first-order valence-corrected chi connectivity index (χ1v) is 7.03. The highest BCUT2D eigenvalue weighted by molar-refractivity contribution is 5.96. The van der Waals surface area contributed by atoms with Crippen molar-refractivity contribution in [3.63, 3.8) is 0 Å². The second-order valence-corrected chi connectivity index (χ2v) is 4.99. The van der Waals surface area contributed by atoms with Crippen molar-refractivity contribution in [2.45, 2.75) is 12.9 Å². The molecule has 0 saturated carbocycles. The van der Waals surface area contributed by atoms with Crippen LogP contribution in [0.1, 0.15) is 16.1 Å². The van der Waals surface area contributed by atoms with Gasteiger partial charge in [-0.2, -0.15) is 0 Å². The van der Waals surface area contributed by atoms with E-state index in [4.69, 9.17) is 4.42 Å². The first kappa shape index (κ1) is 15.9. The third kappa shape index (κ3) is 3.68. The largest absolute Gasteiger partial charge is 0.573 e. The van der Waals surface area contributed by atoms with Gasteiger partial charge in [-0.15, -0.1) is 13.2 Å². The molecule has 4 nitrogen and oxygen atoms in total. The lowest BCUT2D eigenvalue weighted by Crippen LogP contribution is -2.24. The van der Waals surface area contributed by atoms with E-state index in [1.807, 2.05) is 6.07 Å². The first-order valence-electron chi connectivity index (χ1n) is 7.03. The van der Waals surface area contributed by atoms with Crippen LogP contribution in [0.2, 0.25) is 0 Å². The molecule has 3 rings (SSSR count). The van der Waals surface area contributed by atoms with E-state index >= 15 is 0 Å². The number of nitrogens with one attached hydrogen (secondary N) is 1. The van der Waals surface area contributed by atoms with E-state index in [1.54, 1.807) is 30.3 Å². The van der Waals surface area contributed by atoms with E-state index < -0.39 is 12.3 Å². The molecule has 0 radical (unpaired) electrons. The molecule has 1 aromatic heterocycles. The number of benzene rings is 2. The van der Waals surface area contributed by atoms with Crippen molar-refractivity contribution < 1.29 is 27.1 Å². The molecule has 1 heterocycles. The molecule has 0 atom stereocenters. The van der Waals surface area contributed by atoms with Crippen molar-refractivity contribution in [1.29, 1.82) is 0 Å². The Morgan fingerprint density at radius 3 is 2.54 bits per heavy atom. The average molecular weight is 335 g/mol. The molecule has 0 unspecified atom stereocenters. The van der Waals surface area contributed by atoms with Crippen LogP contribution in [0.15, 0.2) is 59.0 Å². The van der Waals surface area contributed by atoms with Crippen LogP contribution < -0.4 is 10.1 Å². The number of fused-ring (bicyclic) bond motifs is 1. The average Bonchev–Trinajstić information content (AvgIpc) is 2.96. The molecule has 0 aliphatic heterocycles. The summed E-state index contributed by atoms with van der Waals surface area (Å²) in [7, 11) is 0. The molecular weight excluding hydrogens is 323 g/mol. The lowest BCUT2D eigenvalue weighted by atomic mass is 10.2. The lowest BCUT2D eigenvalue weighted by Gasteiger charge is -2.13. The molecule has 0 aliphatic carbocycles. The van der Waals surface area contributed by atoms with Gasteiger partial charge in [0.15, 0.2) is 5.76 Å². The highest BCUT2D eigenvalue weighted by Gasteiger charge is 2.32. The molecule has 0 aliphatic rings. The van der Waals surface area contributed by atoms with Gasteiger partial charge in [0, 0.05) is 17.5 Å². The quantitative estimate of drug-likeness (QED) is 0.775. The van der Waals surface area contributed by atoms with Crippen LogP contribution >= 0.6 is 0 Å². The Kier molecular flexibility index (Phi) is 4.16. The van der Waals surface area contributed by atoms with Crippen molar-refractivity contribution in [2.24, 2.45) is 0 Å². The van der Waals surface area contributed by atoms with E-state index in [2.05, 4.69) is 10.1 Å². The van der Waals surface area contributed by atoms with Gasteiger partial charge in [0.1, 0.15) is 11.3 Å². The van der Waals surface area contributed by atoms with Crippen LogP contribution in [0.5, 0.6) is 5.75 Å². The Labute approximate surface area is 134 Å². The van der Waals surface area contributed by atoms with Gasteiger partial charge in [0.2, 0.25) is 0 Å². The smallest absolute Gasteiger partial charge is 0.451 e. The number of amides is 1. The number of carbonyl (C=O) groups excluding carboxylic acids is 1. The number of para-hydroxylation sites is 2. The maximum atomic E-state index is 12.4. The van der Waals surface area contributed by atoms with Crippen molar-refractivity contribution in [3.8, 4) is 5.75 Å². The lowest BCUT2D eigenvalue weighted by molar-refractivity contribution is -0.274. The molecule has 0 spiro atoms. The molecule has 24 heavy (non-hydrogen) atoms. The topological polar surface area (TPSA) is 51.5 Å². The number of hydrogen-bond donors (Lipinski definition) is 1. The maximum absolute atomic E-state index is 12.4. The summed E-state index contributed by atoms with van der Waals surface area (Å²) < 4.78 is 46.5. The van der Waals surface area contributed by atoms with Gasteiger partial charge in [0.05, 0.1) is 0 Å². The van der Waals surface area contributed by atoms with Gasteiger partial charge in [0.25, 0.3) is 5.91 Å². The van der Waals surface area contributed by atoms with Crippen molar-refractivity contribution in [3.05, 3.63) is 65.9 Å². The van der Waals surface area contributed by atoms with Crippen LogP contribution in [-0.2, 0) is 6.54 Å². The molecule has 1 N–H and O–H groups in total. The van der Waals surface area contributed by atoms with E-state index in [0.717, 1.165) is 5.39 Å². The summed E-state index contributed by atoms with van der Waals surface area (Å²) in [5.41, 5.74) is 0.766. The summed E-state index contributed by atoms with van der Waals surface area (Å²) in [6.07, 6.45) is -4.79. The van der Waals surface area contributed by atoms with Crippen LogP contribution in [0, 0.1) is 0 Å². The third-order valence-electron chi connectivity index (χ3n) is 3.29. The van der Waals surface area contributed by atoms with Gasteiger partial charge in [-0.25, -0.2) is 0 Å². The van der Waals surface area contributed by atoms with E-state index in [-0.39, 0.29) is 23.6 Å². The van der Waals surface area contributed by atoms with Crippen LogP contribution in [-0.4, -0.2) is 12.3 Å². The minimum absolute atomic E-state index is 0.0884. The molecule has 124 valence electrons. The molecule has 0 fully saturated rings. The van der Waals surface area contributed by atoms with Gasteiger partial charge in [-0.05, 0) is 18.2 Å². The fourth-order valence-electron chi connectivity index (χ4n) is 2.23.